The second-order valence-electron chi connectivity index (χ2n) is 7.27. The Morgan fingerprint density at radius 2 is 1.93 bits per heavy atom. The van der Waals surface area contributed by atoms with Crippen molar-refractivity contribution in [3.8, 4) is 0 Å². The van der Waals surface area contributed by atoms with Crippen molar-refractivity contribution in [3.05, 3.63) is 51.7 Å². The standard InChI is InChI=1S/C20H29N5O2.ClH/c1-4-24-19(17-9-11-21-12-10-17)23-25(20(24)27)13-18(26)22-15(3)16-7-5-14(2)6-8-16;/h5-8,15,17,21H,4,9-13H2,1-3H3,(H,22,26);1H. The van der Waals surface area contributed by atoms with Crippen LogP contribution in [0.4, 0.5) is 0 Å². The van der Waals surface area contributed by atoms with Crippen LogP contribution >= 0.6 is 12.4 Å². The van der Waals surface area contributed by atoms with E-state index in [1.807, 2.05) is 45.0 Å². The Morgan fingerprint density at radius 1 is 1.29 bits per heavy atom. The third-order valence-corrected chi connectivity index (χ3v) is 5.22. The normalized spacial score (nSPS) is 15.7. The first-order valence-corrected chi connectivity index (χ1v) is 9.73. The van der Waals surface area contributed by atoms with Crippen molar-refractivity contribution in [3.63, 3.8) is 0 Å². The molecule has 2 N–H and O–H groups in total. The Labute approximate surface area is 171 Å². The van der Waals surface area contributed by atoms with Gasteiger partial charge in [0.15, 0.2) is 0 Å². The van der Waals surface area contributed by atoms with E-state index in [1.165, 1.54) is 10.2 Å². The van der Waals surface area contributed by atoms with Crippen LogP contribution in [0.2, 0.25) is 0 Å². The smallest absolute Gasteiger partial charge is 0.346 e. The van der Waals surface area contributed by atoms with Crippen LogP contribution in [-0.2, 0) is 17.9 Å². The molecule has 1 aromatic heterocycles. The molecule has 1 aliphatic rings. The van der Waals surface area contributed by atoms with E-state index in [9.17, 15) is 9.59 Å². The van der Waals surface area contributed by atoms with E-state index < -0.39 is 0 Å². The summed E-state index contributed by atoms with van der Waals surface area (Å²) in [4.78, 5) is 25.1. The van der Waals surface area contributed by atoms with Gasteiger partial charge in [0.1, 0.15) is 12.4 Å². The third kappa shape index (κ3) is 5.02. The van der Waals surface area contributed by atoms with Crippen molar-refractivity contribution in [2.24, 2.45) is 0 Å². The SMILES string of the molecule is CCn1c(C2CCNCC2)nn(CC(=O)NC(C)c2ccc(C)cc2)c1=O.Cl. The van der Waals surface area contributed by atoms with E-state index in [-0.39, 0.29) is 42.5 Å². The van der Waals surface area contributed by atoms with Crippen LogP contribution in [0.15, 0.2) is 29.1 Å². The number of carbonyl (C=O) groups excluding carboxylic acids is 1. The number of amides is 1. The number of aryl methyl sites for hydroxylation is 1. The van der Waals surface area contributed by atoms with E-state index in [0.29, 0.717) is 6.54 Å². The largest absolute Gasteiger partial charge is 0.348 e. The van der Waals surface area contributed by atoms with Crippen molar-refractivity contribution in [2.45, 2.75) is 58.7 Å². The monoisotopic (exact) mass is 407 g/mol. The van der Waals surface area contributed by atoms with Gasteiger partial charge in [0, 0.05) is 12.5 Å². The summed E-state index contributed by atoms with van der Waals surface area (Å²) in [5.74, 6) is 0.876. The first-order chi connectivity index (χ1) is 13.0. The third-order valence-electron chi connectivity index (χ3n) is 5.22. The Bertz CT molecular complexity index is 837. The lowest BCUT2D eigenvalue weighted by atomic mass is 9.97. The molecule has 154 valence electrons. The highest BCUT2D eigenvalue weighted by molar-refractivity contribution is 5.85. The number of hydrogen-bond acceptors (Lipinski definition) is 4. The minimum absolute atomic E-state index is 0. The van der Waals surface area contributed by atoms with Gasteiger partial charge in [-0.05, 0) is 52.3 Å². The van der Waals surface area contributed by atoms with Crippen LogP contribution in [0.1, 0.15) is 55.6 Å². The summed E-state index contributed by atoms with van der Waals surface area (Å²) in [5, 5.41) is 10.8. The van der Waals surface area contributed by atoms with Gasteiger partial charge in [-0.3, -0.25) is 9.36 Å². The van der Waals surface area contributed by atoms with Gasteiger partial charge < -0.3 is 10.6 Å². The summed E-state index contributed by atoms with van der Waals surface area (Å²) < 4.78 is 3.00. The average Bonchev–Trinajstić information content (AvgIpc) is 2.98. The highest BCUT2D eigenvalue weighted by atomic mass is 35.5. The molecule has 0 saturated carbocycles. The molecule has 7 nitrogen and oxygen atoms in total. The molecule has 0 spiro atoms. The Kier molecular flexibility index (Phi) is 7.83. The lowest BCUT2D eigenvalue weighted by Gasteiger charge is -2.21. The summed E-state index contributed by atoms with van der Waals surface area (Å²) in [6.45, 7) is 8.30. The van der Waals surface area contributed by atoms with Gasteiger partial charge in [0.2, 0.25) is 5.91 Å². The first-order valence-electron chi connectivity index (χ1n) is 9.73. The van der Waals surface area contributed by atoms with E-state index >= 15 is 0 Å². The second kappa shape index (κ2) is 9.89. The van der Waals surface area contributed by atoms with Crippen molar-refractivity contribution in [1.82, 2.24) is 25.0 Å². The van der Waals surface area contributed by atoms with Crippen LogP contribution in [-0.4, -0.2) is 33.3 Å². The number of carbonyl (C=O) groups is 1. The van der Waals surface area contributed by atoms with Crippen LogP contribution in [0.3, 0.4) is 0 Å². The van der Waals surface area contributed by atoms with Crippen LogP contribution in [0, 0.1) is 6.92 Å². The number of halogens is 1. The van der Waals surface area contributed by atoms with E-state index in [4.69, 9.17) is 0 Å². The number of hydrogen-bond donors (Lipinski definition) is 2. The zero-order valence-corrected chi connectivity index (χ0v) is 17.6. The fourth-order valence-electron chi connectivity index (χ4n) is 3.60. The zero-order chi connectivity index (χ0) is 19.4. The van der Waals surface area contributed by atoms with Crippen molar-refractivity contribution in [2.75, 3.05) is 13.1 Å². The number of aromatic nitrogens is 3. The highest BCUT2D eigenvalue weighted by Crippen LogP contribution is 2.22. The molecule has 1 unspecified atom stereocenters. The topological polar surface area (TPSA) is 81.0 Å². The lowest BCUT2D eigenvalue weighted by molar-refractivity contribution is -0.122. The van der Waals surface area contributed by atoms with Gasteiger partial charge in [-0.25, -0.2) is 9.48 Å². The van der Waals surface area contributed by atoms with Gasteiger partial charge in [-0.15, -0.1) is 12.4 Å². The number of rotatable bonds is 6. The molecule has 2 heterocycles. The zero-order valence-electron chi connectivity index (χ0n) is 16.8. The molecule has 1 aromatic carbocycles. The molecule has 28 heavy (non-hydrogen) atoms. The van der Waals surface area contributed by atoms with Crippen LogP contribution < -0.4 is 16.3 Å². The molecule has 0 radical (unpaired) electrons. The molecule has 3 rings (SSSR count). The van der Waals surface area contributed by atoms with Gasteiger partial charge in [0.05, 0.1) is 6.04 Å². The van der Waals surface area contributed by atoms with Crippen LogP contribution in [0.5, 0.6) is 0 Å². The minimum atomic E-state index is -0.206. The number of benzene rings is 1. The molecule has 8 heteroatoms. The lowest BCUT2D eigenvalue weighted by Crippen LogP contribution is -2.35. The summed E-state index contributed by atoms with van der Waals surface area (Å²) in [7, 11) is 0. The average molecular weight is 408 g/mol. The van der Waals surface area contributed by atoms with Crippen LogP contribution in [0.25, 0.3) is 0 Å². The predicted octanol–water partition coefficient (Wildman–Crippen LogP) is 2.14. The van der Waals surface area contributed by atoms with Gasteiger partial charge >= 0.3 is 5.69 Å². The van der Waals surface area contributed by atoms with E-state index in [2.05, 4.69) is 15.7 Å². The molecular weight excluding hydrogens is 378 g/mol. The molecule has 2 aromatic rings. The summed E-state index contributed by atoms with van der Waals surface area (Å²) in [5.41, 5.74) is 2.01. The number of nitrogens with one attached hydrogen (secondary N) is 2. The Hall–Kier alpha value is -2.12. The number of nitrogens with zero attached hydrogens (tertiary/aromatic N) is 3. The highest BCUT2D eigenvalue weighted by Gasteiger charge is 2.24. The number of piperidine rings is 1. The Morgan fingerprint density at radius 3 is 2.54 bits per heavy atom. The van der Waals surface area contributed by atoms with Crippen molar-refractivity contribution in [1.29, 1.82) is 0 Å². The maximum atomic E-state index is 12.7. The minimum Gasteiger partial charge on any atom is -0.348 e. The fourth-order valence-corrected chi connectivity index (χ4v) is 3.60. The van der Waals surface area contributed by atoms with Crippen molar-refractivity contribution >= 4 is 18.3 Å². The molecule has 1 saturated heterocycles. The molecule has 1 amide bonds. The molecule has 1 aliphatic heterocycles. The van der Waals surface area contributed by atoms with Gasteiger partial charge in [-0.1, -0.05) is 29.8 Å². The first kappa shape index (κ1) is 22.2. The summed E-state index contributed by atoms with van der Waals surface area (Å²) in [6, 6.07) is 7.94. The summed E-state index contributed by atoms with van der Waals surface area (Å²) in [6.07, 6.45) is 1.93. The van der Waals surface area contributed by atoms with Gasteiger partial charge in [-0.2, -0.15) is 5.10 Å². The quantitative estimate of drug-likeness (QED) is 0.768. The summed E-state index contributed by atoms with van der Waals surface area (Å²) >= 11 is 0. The molecule has 1 atom stereocenters. The van der Waals surface area contributed by atoms with Crippen molar-refractivity contribution < 1.29 is 4.79 Å². The fraction of sp³-hybridized carbons (Fsp3) is 0.550. The molecule has 0 aliphatic carbocycles. The van der Waals surface area contributed by atoms with E-state index in [1.54, 1.807) is 4.57 Å². The van der Waals surface area contributed by atoms with E-state index in [0.717, 1.165) is 37.3 Å². The molecule has 1 fully saturated rings. The predicted molar refractivity (Wildman–Crippen MR) is 112 cm³/mol. The Balaban J connectivity index is 0.00000280. The van der Waals surface area contributed by atoms with Gasteiger partial charge in [0.25, 0.3) is 0 Å². The molecular formula is C20H30ClN5O2. The maximum absolute atomic E-state index is 12.7. The second-order valence-corrected chi connectivity index (χ2v) is 7.27. The molecule has 0 bridgehead atoms. The maximum Gasteiger partial charge on any atom is 0.346 e.